The minimum absolute atomic E-state index is 0.0466. The fourth-order valence-corrected chi connectivity index (χ4v) is 2.37. The average molecular weight is 234 g/mol. The number of nitrogens with one attached hydrogen (secondary N) is 1. The molecule has 0 aromatic carbocycles. The number of hydrogen-bond acceptors (Lipinski definition) is 3. The van der Waals surface area contributed by atoms with Crippen LogP contribution in [0, 0.1) is 0 Å². The Bertz CT molecular complexity index is 220. The first kappa shape index (κ1) is 12.2. The maximum Gasteiger partial charge on any atom is 0.260 e. The molecular formula is C11H20F2N2O. The van der Waals surface area contributed by atoms with Crippen LogP contribution in [0.1, 0.15) is 19.3 Å². The van der Waals surface area contributed by atoms with Crippen molar-refractivity contribution in [1.29, 1.82) is 0 Å². The molecule has 0 aromatic rings. The van der Waals surface area contributed by atoms with E-state index in [0.717, 1.165) is 39.2 Å². The molecule has 0 spiro atoms. The van der Waals surface area contributed by atoms with Crippen LogP contribution >= 0.6 is 0 Å². The lowest BCUT2D eigenvalue weighted by Crippen LogP contribution is -2.45. The van der Waals surface area contributed by atoms with Crippen LogP contribution in [0.4, 0.5) is 8.78 Å². The van der Waals surface area contributed by atoms with Gasteiger partial charge in [0.25, 0.3) is 5.92 Å². The molecule has 0 amide bonds. The van der Waals surface area contributed by atoms with E-state index in [1.165, 1.54) is 0 Å². The van der Waals surface area contributed by atoms with Crippen LogP contribution in [0.3, 0.4) is 0 Å². The zero-order valence-corrected chi connectivity index (χ0v) is 9.55. The topological polar surface area (TPSA) is 24.5 Å². The van der Waals surface area contributed by atoms with Gasteiger partial charge in [0.1, 0.15) is 0 Å². The molecule has 3 nitrogen and oxygen atoms in total. The van der Waals surface area contributed by atoms with E-state index in [1.807, 2.05) is 4.90 Å². The molecule has 2 saturated heterocycles. The average Bonchev–Trinajstić information content (AvgIpc) is 2.27. The zero-order chi connectivity index (χ0) is 11.4. The molecule has 2 heterocycles. The molecule has 94 valence electrons. The summed E-state index contributed by atoms with van der Waals surface area (Å²) in [7, 11) is 0. The molecule has 0 aromatic heterocycles. The van der Waals surface area contributed by atoms with Gasteiger partial charge in [-0.05, 0) is 19.4 Å². The molecule has 2 rings (SSSR count). The molecule has 2 fully saturated rings. The molecule has 1 atom stereocenters. The summed E-state index contributed by atoms with van der Waals surface area (Å²) in [5.74, 6) is -2.48. The van der Waals surface area contributed by atoms with Crippen molar-refractivity contribution in [3.05, 3.63) is 0 Å². The maximum atomic E-state index is 13.1. The first-order valence-corrected chi connectivity index (χ1v) is 6.08. The van der Waals surface area contributed by atoms with Crippen LogP contribution in [0.15, 0.2) is 0 Å². The minimum atomic E-state index is -2.48. The van der Waals surface area contributed by atoms with Gasteiger partial charge in [0.15, 0.2) is 0 Å². The molecule has 16 heavy (non-hydrogen) atoms. The van der Waals surface area contributed by atoms with E-state index in [2.05, 4.69) is 5.32 Å². The van der Waals surface area contributed by atoms with E-state index in [-0.39, 0.29) is 19.1 Å². The van der Waals surface area contributed by atoms with Gasteiger partial charge in [-0.1, -0.05) is 0 Å². The Morgan fingerprint density at radius 2 is 2.31 bits per heavy atom. The molecule has 0 radical (unpaired) electrons. The molecule has 0 bridgehead atoms. The van der Waals surface area contributed by atoms with Gasteiger partial charge in [0.05, 0.1) is 19.3 Å². The highest BCUT2D eigenvalue weighted by molar-refractivity contribution is 4.79. The maximum absolute atomic E-state index is 13.1. The van der Waals surface area contributed by atoms with Crippen molar-refractivity contribution in [3.63, 3.8) is 0 Å². The van der Waals surface area contributed by atoms with Crippen LogP contribution in [-0.4, -0.2) is 56.3 Å². The second kappa shape index (κ2) is 5.38. The second-order valence-corrected chi connectivity index (χ2v) is 4.72. The lowest BCUT2D eigenvalue weighted by molar-refractivity contribution is -0.0684. The van der Waals surface area contributed by atoms with E-state index in [1.54, 1.807) is 0 Å². The standard InChI is InChI=1S/C11H20F2N2O/c12-11(13)3-1-5-15(9-11)6-2-10-8-14-4-7-16-10/h10,14H,1-9H2. The van der Waals surface area contributed by atoms with Gasteiger partial charge in [0.2, 0.25) is 0 Å². The third-order valence-corrected chi connectivity index (χ3v) is 3.24. The number of likely N-dealkylation sites (tertiary alicyclic amines) is 1. The molecule has 1 unspecified atom stereocenters. The summed E-state index contributed by atoms with van der Waals surface area (Å²) in [5, 5.41) is 3.25. The van der Waals surface area contributed by atoms with Crippen molar-refractivity contribution in [3.8, 4) is 0 Å². The van der Waals surface area contributed by atoms with Crippen LogP contribution in [0.2, 0.25) is 0 Å². The highest BCUT2D eigenvalue weighted by Gasteiger charge is 2.34. The first-order chi connectivity index (χ1) is 7.66. The van der Waals surface area contributed by atoms with Crippen molar-refractivity contribution in [2.45, 2.75) is 31.3 Å². The quantitative estimate of drug-likeness (QED) is 0.791. The number of rotatable bonds is 3. The van der Waals surface area contributed by atoms with Gasteiger partial charge >= 0.3 is 0 Å². The summed E-state index contributed by atoms with van der Waals surface area (Å²) in [4.78, 5) is 1.86. The van der Waals surface area contributed by atoms with Crippen molar-refractivity contribution < 1.29 is 13.5 Å². The number of halogens is 2. The normalized spacial score (nSPS) is 31.5. The van der Waals surface area contributed by atoms with Crippen molar-refractivity contribution in [1.82, 2.24) is 10.2 Å². The lowest BCUT2D eigenvalue weighted by atomic mass is 10.1. The Balaban J connectivity index is 1.68. The fraction of sp³-hybridized carbons (Fsp3) is 1.00. The molecule has 0 saturated carbocycles. The second-order valence-electron chi connectivity index (χ2n) is 4.72. The molecule has 2 aliphatic rings. The van der Waals surface area contributed by atoms with Gasteiger partial charge < -0.3 is 10.1 Å². The summed E-state index contributed by atoms with van der Waals surface area (Å²) >= 11 is 0. The Morgan fingerprint density at radius 3 is 3.00 bits per heavy atom. The van der Waals surface area contributed by atoms with Crippen LogP contribution in [0.25, 0.3) is 0 Å². The van der Waals surface area contributed by atoms with Crippen LogP contribution < -0.4 is 5.32 Å². The summed E-state index contributed by atoms with van der Waals surface area (Å²) in [6.45, 7) is 3.94. The summed E-state index contributed by atoms with van der Waals surface area (Å²) < 4.78 is 31.8. The number of ether oxygens (including phenoxy) is 1. The number of nitrogens with zero attached hydrogens (tertiary/aromatic N) is 1. The molecule has 5 heteroatoms. The Kier molecular flexibility index (Phi) is 4.10. The largest absolute Gasteiger partial charge is 0.376 e. The van der Waals surface area contributed by atoms with Crippen molar-refractivity contribution >= 4 is 0 Å². The van der Waals surface area contributed by atoms with Gasteiger partial charge in [0, 0.05) is 26.1 Å². The Hall–Kier alpha value is -0.260. The van der Waals surface area contributed by atoms with E-state index in [4.69, 9.17) is 4.74 Å². The third-order valence-electron chi connectivity index (χ3n) is 3.24. The van der Waals surface area contributed by atoms with E-state index in [9.17, 15) is 8.78 Å². The van der Waals surface area contributed by atoms with Gasteiger partial charge in [-0.15, -0.1) is 0 Å². The van der Waals surface area contributed by atoms with E-state index < -0.39 is 5.92 Å². The van der Waals surface area contributed by atoms with E-state index >= 15 is 0 Å². The number of hydrogen-bond donors (Lipinski definition) is 1. The highest BCUT2D eigenvalue weighted by atomic mass is 19.3. The Labute approximate surface area is 95.1 Å². The first-order valence-electron chi connectivity index (χ1n) is 6.08. The van der Waals surface area contributed by atoms with Crippen LogP contribution in [-0.2, 0) is 4.74 Å². The summed E-state index contributed by atoms with van der Waals surface area (Å²) in [6, 6.07) is 0. The fourth-order valence-electron chi connectivity index (χ4n) is 2.37. The molecule has 0 aliphatic carbocycles. The SMILES string of the molecule is FC1(F)CCCN(CCC2CNCCO2)C1. The zero-order valence-electron chi connectivity index (χ0n) is 9.55. The predicted molar refractivity (Wildman–Crippen MR) is 57.8 cm³/mol. The predicted octanol–water partition coefficient (Wildman–Crippen LogP) is 1.10. The monoisotopic (exact) mass is 234 g/mol. The van der Waals surface area contributed by atoms with Crippen molar-refractivity contribution in [2.24, 2.45) is 0 Å². The number of morpholine rings is 1. The number of alkyl halides is 2. The van der Waals surface area contributed by atoms with E-state index in [0.29, 0.717) is 6.42 Å². The minimum Gasteiger partial charge on any atom is -0.376 e. The smallest absolute Gasteiger partial charge is 0.260 e. The number of piperidine rings is 1. The van der Waals surface area contributed by atoms with Crippen molar-refractivity contribution in [2.75, 3.05) is 39.3 Å². The summed E-state index contributed by atoms with van der Waals surface area (Å²) in [6.07, 6.45) is 1.70. The van der Waals surface area contributed by atoms with Crippen LogP contribution in [0.5, 0.6) is 0 Å². The van der Waals surface area contributed by atoms with Gasteiger partial charge in [-0.2, -0.15) is 0 Å². The van der Waals surface area contributed by atoms with Gasteiger partial charge in [-0.3, -0.25) is 4.90 Å². The Morgan fingerprint density at radius 1 is 1.44 bits per heavy atom. The molecular weight excluding hydrogens is 214 g/mol. The molecule has 2 aliphatic heterocycles. The summed E-state index contributed by atoms with van der Waals surface area (Å²) in [5.41, 5.74) is 0. The molecule has 1 N–H and O–H groups in total. The lowest BCUT2D eigenvalue weighted by Gasteiger charge is -2.33. The highest BCUT2D eigenvalue weighted by Crippen LogP contribution is 2.26. The van der Waals surface area contributed by atoms with Gasteiger partial charge in [-0.25, -0.2) is 8.78 Å². The third kappa shape index (κ3) is 3.64.